The summed E-state index contributed by atoms with van der Waals surface area (Å²) in [5, 5.41) is 17.1. The number of nitriles is 2. The molecule has 4 nitrogen and oxygen atoms in total. The summed E-state index contributed by atoms with van der Waals surface area (Å²) < 4.78 is 0. The number of hydrogen-bond acceptors (Lipinski definition) is 4. The van der Waals surface area contributed by atoms with Crippen LogP contribution in [0, 0.1) is 22.7 Å². The molecule has 0 heterocycles. The molecule has 0 spiro atoms. The molecule has 4 N–H and O–H groups in total. The van der Waals surface area contributed by atoms with Crippen molar-refractivity contribution in [2.75, 3.05) is 11.5 Å². The first-order valence-electron chi connectivity index (χ1n) is 3.64. The van der Waals surface area contributed by atoms with Crippen molar-refractivity contribution in [3.8, 4) is 12.1 Å². The van der Waals surface area contributed by atoms with Crippen molar-refractivity contribution >= 4 is 11.4 Å². The predicted octanol–water partition coefficient (Wildman–Crippen LogP) is 0.789. The Morgan fingerprint density at radius 2 is 1.85 bits per heavy atom. The molecule has 1 aromatic rings. The molecule has 1 rings (SSSR count). The van der Waals surface area contributed by atoms with Gasteiger partial charge >= 0.3 is 0 Å². The third-order valence-electron chi connectivity index (χ3n) is 1.70. The minimum atomic E-state index is 0.195. The predicted molar refractivity (Wildman–Crippen MR) is 49.3 cm³/mol. The van der Waals surface area contributed by atoms with Crippen LogP contribution in [0.1, 0.15) is 11.1 Å². The van der Waals surface area contributed by atoms with Gasteiger partial charge in [-0.2, -0.15) is 10.5 Å². The molecule has 0 bridgehead atoms. The molecule has 13 heavy (non-hydrogen) atoms. The van der Waals surface area contributed by atoms with Gasteiger partial charge in [0.25, 0.3) is 0 Å². The second-order valence-electron chi connectivity index (χ2n) is 2.58. The maximum absolute atomic E-state index is 8.65. The van der Waals surface area contributed by atoms with Gasteiger partial charge in [0.05, 0.1) is 23.7 Å². The number of rotatable bonds is 1. The molecule has 0 saturated heterocycles. The molecule has 0 saturated carbocycles. The van der Waals surface area contributed by atoms with E-state index in [0.717, 1.165) is 0 Å². The lowest BCUT2D eigenvalue weighted by molar-refractivity contribution is 1.26. The molecule has 0 radical (unpaired) electrons. The Hall–Kier alpha value is -2.20. The molecule has 0 aliphatic rings. The van der Waals surface area contributed by atoms with Crippen molar-refractivity contribution in [3.63, 3.8) is 0 Å². The van der Waals surface area contributed by atoms with Crippen molar-refractivity contribution in [3.05, 3.63) is 23.3 Å². The number of anilines is 2. The first-order chi connectivity index (χ1) is 6.19. The van der Waals surface area contributed by atoms with Gasteiger partial charge in [0.15, 0.2) is 0 Å². The fraction of sp³-hybridized carbons (Fsp3) is 0.111. The summed E-state index contributed by atoms with van der Waals surface area (Å²) in [7, 11) is 0. The second kappa shape index (κ2) is 3.46. The van der Waals surface area contributed by atoms with E-state index in [2.05, 4.69) is 0 Å². The molecule has 0 aromatic heterocycles. The van der Waals surface area contributed by atoms with Gasteiger partial charge in [0.1, 0.15) is 6.07 Å². The average molecular weight is 172 g/mol. The Morgan fingerprint density at radius 3 is 2.38 bits per heavy atom. The van der Waals surface area contributed by atoms with Crippen LogP contribution in [-0.2, 0) is 6.42 Å². The maximum Gasteiger partial charge on any atom is 0.101 e. The lowest BCUT2D eigenvalue weighted by Gasteiger charge is -2.04. The third kappa shape index (κ3) is 1.69. The monoisotopic (exact) mass is 172 g/mol. The van der Waals surface area contributed by atoms with Crippen LogP contribution in [0.2, 0.25) is 0 Å². The smallest absolute Gasteiger partial charge is 0.101 e. The van der Waals surface area contributed by atoms with E-state index >= 15 is 0 Å². The van der Waals surface area contributed by atoms with Crippen LogP contribution in [0.4, 0.5) is 11.4 Å². The van der Waals surface area contributed by atoms with Gasteiger partial charge in [-0.15, -0.1) is 0 Å². The lowest BCUT2D eigenvalue weighted by atomic mass is 10.1. The third-order valence-corrected chi connectivity index (χ3v) is 1.70. The zero-order valence-electron chi connectivity index (χ0n) is 6.91. The van der Waals surface area contributed by atoms with E-state index in [0.29, 0.717) is 22.5 Å². The van der Waals surface area contributed by atoms with E-state index in [4.69, 9.17) is 22.0 Å². The van der Waals surface area contributed by atoms with Crippen LogP contribution in [0.3, 0.4) is 0 Å². The van der Waals surface area contributed by atoms with Gasteiger partial charge in [-0.1, -0.05) is 0 Å². The molecule has 0 amide bonds. The minimum absolute atomic E-state index is 0.195. The minimum Gasteiger partial charge on any atom is -0.398 e. The molecule has 0 unspecified atom stereocenters. The summed E-state index contributed by atoms with van der Waals surface area (Å²) in [6.45, 7) is 0. The highest BCUT2D eigenvalue weighted by atomic mass is 14.6. The Bertz CT molecular complexity index is 409. The van der Waals surface area contributed by atoms with Crippen molar-refractivity contribution in [2.24, 2.45) is 0 Å². The zero-order chi connectivity index (χ0) is 9.84. The summed E-state index contributed by atoms with van der Waals surface area (Å²) in [5.41, 5.74) is 12.9. The topological polar surface area (TPSA) is 99.6 Å². The Balaban J connectivity index is 3.26. The molecular weight excluding hydrogens is 164 g/mol. The number of benzene rings is 1. The molecule has 64 valence electrons. The van der Waals surface area contributed by atoms with Gasteiger partial charge in [-0.25, -0.2) is 0 Å². The SMILES string of the molecule is N#CCc1cc(C#N)c(N)cc1N. The highest BCUT2D eigenvalue weighted by molar-refractivity contribution is 5.65. The van der Waals surface area contributed by atoms with Crippen molar-refractivity contribution in [1.29, 1.82) is 10.5 Å². The van der Waals surface area contributed by atoms with E-state index in [1.54, 1.807) is 6.07 Å². The molecule has 1 aromatic carbocycles. The van der Waals surface area contributed by atoms with Crippen LogP contribution in [-0.4, -0.2) is 0 Å². The van der Waals surface area contributed by atoms with Gasteiger partial charge in [-0.05, 0) is 17.7 Å². The van der Waals surface area contributed by atoms with Gasteiger partial charge < -0.3 is 11.5 Å². The highest BCUT2D eigenvalue weighted by Gasteiger charge is 2.04. The summed E-state index contributed by atoms with van der Waals surface area (Å²) in [5.74, 6) is 0. The van der Waals surface area contributed by atoms with Crippen molar-refractivity contribution < 1.29 is 0 Å². The Labute approximate surface area is 76.0 Å². The van der Waals surface area contributed by atoms with Crippen LogP contribution in [0.15, 0.2) is 12.1 Å². The average Bonchev–Trinajstić information content (AvgIpc) is 2.10. The fourth-order valence-corrected chi connectivity index (χ4v) is 1.01. The lowest BCUT2D eigenvalue weighted by Crippen LogP contribution is -1.98. The van der Waals surface area contributed by atoms with Crippen molar-refractivity contribution in [1.82, 2.24) is 0 Å². The first kappa shape index (κ1) is 8.89. The van der Waals surface area contributed by atoms with Crippen LogP contribution in [0.25, 0.3) is 0 Å². The molecule has 0 fully saturated rings. The largest absolute Gasteiger partial charge is 0.398 e. The number of nitrogens with zero attached hydrogens (tertiary/aromatic N) is 2. The van der Waals surface area contributed by atoms with Crippen molar-refractivity contribution in [2.45, 2.75) is 6.42 Å². The summed E-state index contributed by atoms with van der Waals surface area (Å²) >= 11 is 0. The number of nitrogens with two attached hydrogens (primary N) is 2. The highest BCUT2D eigenvalue weighted by Crippen LogP contribution is 2.20. The molecule has 0 aliphatic heterocycles. The summed E-state index contributed by atoms with van der Waals surface area (Å²) in [4.78, 5) is 0. The molecule has 0 aliphatic carbocycles. The van der Waals surface area contributed by atoms with Crippen LogP contribution < -0.4 is 11.5 Å². The zero-order valence-corrected chi connectivity index (χ0v) is 6.91. The van der Waals surface area contributed by atoms with E-state index in [1.165, 1.54) is 6.07 Å². The van der Waals surface area contributed by atoms with Crippen LogP contribution in [0.5, 0.6) is 0 Å². The Kier molecular flexibility index (Phi) is 2.37. The molecule has 0 atom stereocenters. The molecule has 4 heteroatoms. The first-order valence-corrected chi connectivity index (χ1v) is 3.64. The standard InChI is InChI=1S/C9H8N4/c10-2-1-6-3-7(5-11)9(13)4-8(6)12/h3-4H,1,12-13H2. The summed E-state index contributed by atoms with van der Waals surface area (Å²) in [6.07, 6.45) is 0.195. The van der Waals surface area contributed by atoms with Gasteiger partial charge in [0.2, 0.25) is 0 Å². The Morgan fingerprint density at radius 1 is 1.15 bits per heavy atom. The van der Waals surface area contributed by atoms with E-state index in [9.17, 15) is 0 Å². The summed E-state index contributed by atoms with van der Waals surface area (Å²) in [6, 6.07) is 6.95. The molecular formula is C9H8N4. The fourth-order valence-electron chi connectivity index (χ4n) is 1.01. The quantitative estimate of drug-likeness (QED) is 0.611. The normalized spacial score (nSPS) is 8.77. The van der Waals surface area contributed by atoms with Gasteiger partial charge in [-0.3, -0.25) is 0 Å². The number of nitrogen functional groups attached to an aromatic ring is 2. The van der Waals surface area contributed by atoms with E-state index in [1.807, 2.05) is 12.1 Å². The van der Waals surface area contributed by atoms with E-state index in [-0.39, 0.29) is 6.42 Å². The number of hydrogen-bond donors (Lipinski definition) is 2. The maximum atomic E-state index is 8.65. The van der Waals surface area contributed by atoms with Crippen LogP contribution >= 0.6 is 0 Å². The van der Waals surface area contributed by atoms with Gasteiger partial charge in [0, 0.05) is 5.69 Å². The second-order valence-corrected chi connectivity index (χ2v) is 2.58. The van der Waals surface area contributed by atoms with E-state index < -0.39 is 0 Å².